The molecule has 3 aromatic rings. The number of aromatic nitrogens is 1. The van der Waals surface area contributed by atoms with Gasteiger partial charge in [-0.15, -0.1) is 0 Å². The Morgan fingerprint density at radius 2 is 1.83 bits per heavy atom. The fourth-order valence-electron chi connectivity index (χ4n) is 4.59. The number of hydrogen-bond acceptors (Lipinski definition) is 2. The van der Waals surface area contributed by atoms with E-state index in [4.69, 9.17) is 23.2 Å². The number of benzene rings is 2. The number of aromatic amines is 1. The highest BCUT2D eigenvalue weighted by atomic mass is 35.5. The number of H-pyrrole nitrogens is 1. The Labute approximate surface area is 217 Å². The minimum Gasteiger partial charge on any atom is -0.361 e. The monoisotopic (exact) mass is 513 g/mol. The second-order valence-electron chi connectivity index (χ2n) is 9.91. The molecule has 35 heavy (non-hydrogen) atoms. The highest BCUT2D eigenvalue weighted by Crippen LogP contribution is 2.29. The number of carbonyl (C=O) groups is 2. The summed E-state index contributed by atoms with van der Waals surface area (Å²) in [5, 5.41) is 2.12. The average Bonchev–Trinajstić information content (AvgIpc) is 3.20. The van der Waals surface area contributed by atoms with Gasteiger partial charge in [0.25, 0.3) is 0 Å². The van der Waals surface area contributed by atoms with Crippen LogP contribution < -0.4 is 0 Å². The lowest BCUT2D eigenvalue weighted by molar-refractivity contribution is -0.145. The summed E-state index contributed by atoms with van der Waals surface area (Å²) in [5.41, 5.74) is 3.16. The van der Waals surface area contributed by atoms with E-state index < -0.39 is 0 Å². The van der Waals surface area contributed by atoms with Crippen molar-refractivity contribution in [1.29, 1.82) is 0 Å². The van der Waals surface area contributed by atoms with Gasteiger partial charge in [-0.3, -0.25) is 9.59 Å². The topological polar surface area (TPSA) is 56.4 Å². The minimum absolute atomic E-state index is 0.0516. The van der Waals surface area contributed by atoms with Crippen molar-refractivity contribution < 1.29 is 9.59 Å². The van der Waals surface area contributed by atoms with Crippen LogP contribution in [0.2, 0.25) is 10.0 Å². The summed E-state index contributed by atoms with van der Waals surface area (Å²) in [6, 6.07) is 13.6. The van der Waals surface area contributed by atoms with Gasteiger partial charge in [0.1, 0.15) is 0 Å². The maximum atomic E-state index is 13.6. The lowest BCUT2D eigenvalue weighted by Gasteiger charge is -2.34. The predicted molar refractivity (Wildman–Crippen MR) is 143 cm³/mol. The maximum Gasteiger partial charge on any atom is 0.242 e. The molecule has 2 amide bonds. The highest BCUT2D eigenvalue weighted by Gasteiger charge is 2.31. The molecule has 1 aliphatic carbocycles. The molecule has 7 heteroatoms. The van der Waals surface area contributed by atoms with Gasteiger partial charge in [-0.2, -0.15) is 0 Å². The summed E-state index contributed by atoms with van der Waals surface area (Å²) in [7, 11) is 0. The second kappa shape index (κ2) is 11.5. The molecule has 1 fully saturated rings. The molecule has 2 aromatic carbocycles. The van der Waals surface area contributed by atoms with E-state index in [9.17, 15) is 9.59 Å². The molecule has 0 radical (unpaired) electrons. The molecule has 0 aliphatic heterocycles. The molecule has 1 aromatic heterocycles. The zero-order valence-electron chi connectivity index (χ0n) is 20.4. The van der Waals surface area contributed by atoms with Crippen molar-refractivity contribution in [2.24, 2.45) is 11.8 Å². The summed E-state index contributed by atoms with van der Waals surface area (Å²) in [6.07, 6.45) is 5.66. The highest BCUT2D eigenvalue weighted by molar-refractivity contribution is 6.42. The normalized spacial score (nSPS) is 13.7. The molecule has 0 saturated heterocycles. The van der Waals surface area contributed by atoms with Gasteiger partial charge in [0.15, 0.2) is 0 Å². The molecule has 1 saturated carbocycles. The molecule has 0 bridgehead atoms. The van der Waals surface area contributed by atoms with Crippen molar-refractivity contribution in [3.63, 3.8) is 0 Å². The van der Waals surface area contributed by atoms with Crippen LogP contribution in [0.25, 0.3) is 10.9 Å². The van der Waals surface area contributed by atoms with Crippen LogP contribution in [-0.2, 0) is 22.6 Å². The quantitative estimate of drug-likeness (QED) is 0.344. The van der Waals surface area contributed by atoms with Crippen LogP contribution in [-0.4, -0.2) is 46.2 Å². The first-order valence-corrected chi connectivity index (χ1v) is 13.1. The summed E-state index contributed by atoms with van der Waals surface area (Å²) >= 11 is 12.4. The first-order chi connectivity index (χ1) is 16.8. The van der Waals surface area contributed by atoms with E-state index in [1.165, 1.54) is 0 Å². The van der Waals surface area contributed by atoms with Gasteiger partial charge >= 0.3 is 0 Å². The van der Waals surface area contributed by atoms with E-state index in [-0.39, 0.29) is 24.3 Å². The minimum atomic E-state index is -0.0516. The first kappa shape index (κ1) is 25.6. The maximum absolute atomic E-state index is 13.6. The lowest BCUT2D eigenvalue weighted by Crippen LogP contribution is -2.47. The fraction of sp³-hybridized carbons (Fsp3) is 0.429. The molecule has 0 spiro atoms. The Kier molecular flexibility index (Phi) is 8.40. The van der Waals surface area contributed by atoms with Crippen LogP contribution in [0.3, 0.4) is 0 Å². The second-order valence-corrected chi connectivity index (χ2v) is 10.7. The van der Waals surface area contributed by atoms with Crippen molar-refractivity contribution >= 4 is 45.9 Å². The largest absolute Gasteiger partial charge is 0.361 e. The van der Waals surface area contributed by atoms with Gasteiger partial charge in [0.05, 0.1) is 16.6 Å². The summed E-state index contributed by atoms with van der Waals surface area (Å²) in [4.78, 5) is 33.6. The van der Waals surface area contributed by atoms with E-state index in [0.29, 0.717) is 42.0 Å². The molecule has 0 unspecified atom stereocenters. The summed E-state index contributed by atoms with van der Waals surface area (Å²) in [6.45, 7) is 5.79. The Hall–Kier alpha value is -2.50. The Morgan fingerprint density at radius 3 is 2.51 bits per heavy atom. The molecular formula is C28H33Cl2N3O2. The van der Waals surface area contributed by atoms with Crippen LogP contribution in [0.4, 0.5) is 0 Å². The number of fused-ring (bicyclic) bond motifs is 1. The van der Waals surface area contributed by atoms with E-state index in [1.807, 2.05) is 35.4 Å². The number of rotatable bonds is 10. The molecule has 1 aliphatic rings. The number of halogens is 2. The number of nitrogens with one attached hydrogen (secondary N) is 1. The number of hydrogen-bond donors (Lipinski definition) is 1. The summed E-state index contributed by atoms with van der Waals surface area (Å²) in [5.74, 6) is 0.423. The van der Waals surface area contributed by atoms with Crippen LogP contribution in [0.1, 0.15) is 44.2 Å². The molecule has 4 rings (SSSR count). The van der Waals surface area contributed by atoms with Gasteiger partial charge in [-0.1, -0.05) is 67.7 Å². The Balaban J connectivity index is 1.53. The van der Waals surface area contributed by atoms with E-state index in [0.717, 1.165) is 41.3 Å². The third-order valence-electron chi connectivity index (χ3n) is 6.71. The van der Waals surface area contributed by atoms with Gasteiger partial charge in [0.2, 0.25) is 11.8 Å². The molecule has 0 atom stereocenters. The van der Waals surface area contributed by atoms with Crippen LogP contribution in [0.15, 0.2) is 48.7 Å². The molecular weight excluding hydrogens is 481 g/mol. The van der Waals surface area contributed by atoms with Gasteiger partial charge in [-0.25, -0.2) is 0 Å². The Morgan fingerprint density at radius 1 is 1.06 bits per heavy atom. The third kappa shape index (κ3) is 6.39. The van der Waals surface area contributed by atoms with Crippen LogP contribution >= 0.6 is 23.2 Å². The number of para-hydroxylation sites is 1. The fourth-order valence-corrected chi connectivity index (χ4v) is 4.91. The van der Waals surface area contributed by atoms with Crippen LogP contribution in [0, 0.1) is 11.8 Å². The van der Waals surface area contributed by atoms with Crippen molar-refractivity contribution in [2.75, 3.05) is 19.6 Å². The van der Waals surface area contributed by atoms with Gasteiger partial charge in [0, 0.05) is 42.7 Å². The van der Waals surface area contributed by atoms with E-state index >= 15 is 0 Å². The SMILES string of the molecule is CC(C)CN(CC(=O)N(CCc1c[nH]c2ccccc12)Cc1ccc(Cl)c(Cl)c1)C(=O)C1CCC1. The predicted octanol–water partition coefficient (Wildman–Crippen LogP) is 6.33. The molecule has 1 heterocycles. The van der Waals surface area contributed by atoms with E-state index in [1.54, 1.807) is 17.0 Å². The van der Waals surface area contributed by atoms with Gasteiger partial charge < -0.3 is 14.8 Å². The van der Waals surface area contributed by atoms with E-state index in [2.05, 4.69) is 24.9 Å². The third-order valence-corrected chi connectivity index (χ3v) is 7.45. The number of amides is 2. The van der Waals surface area contributed by atoms with Gasteiger partial charge in [-0.05, 0) is 54.5 Å². The van der Waals surface area contributed by atoms with Crippen LogP contribution in [0.5, 0.6) is 0 Å². The van der Waals surface area contributed by atoms with Crippen molar-refractivity contribution in [1.82, 2.24) is 14.8 Å². The van der Waals surface area contributed by atoms with Crippen molar-refractivity contribution in [3.8, 4) is 0 Å². The zero-order valence-corrected chi connectivity index (χ0v) is 21.9. The molecule has 5 nitrogen and oxygen atoms in total. The molecule has 1 N–H and O–H groups in total. The number of nitrogens with zero attached hydrogens (tertiary/aromatic N) is 2. The summed E-state index contributed by atoms with van der Waals surface area (Å²) < 4.78 is 0. The molecule has 186 valence electrons. The lowest BCUT2D eigenvalue weighted by atomic mass is 9.84. The standard InChI is InChI=1S/C28H33Cl2N3O2/c1-19(2)16-33(28(35)21-6-5-7-21)18-27(34)32(17-20-10-11-24(29)25(30)14-20)13-12-22-15-31-26-9-4-3-8-23(22)26/h3-4,8-11,14-15,19,21,31H,5-7,12-13,16-18H2,1-2H3. The Bertz CT molecular complexity index is 1190. The smallest absolute Gasteiger partial charge is 0.242 e. The zero-order chi connectivity index (χ0) is 24.9. The first-order valence-electron chi connectivity index (χ1n) is 12.4. The number of carbonyl (C=O) groups excluding carboxylic acids is 2. The van der Waals surface area contributed by atoms with Crippen molar-refractivity contribution in [2.45, 2.75) is 46.1 Å². The van der Waals surface area contributed by atoms with Crippen molar-refractivity contribution in [3.05, 3.63) is 69.8 Å². The average molecular weight is 514 g/mol.